The Kier molecular flexibility index (Phi) is 4.47. The number of aliphatic hydroxyl groups excluding tert-OH is 1. The van der Waals surface area contributed by atoms with Gasteiger partial charge in [-0.05, 0) is 56.0 Å². The first-order valence-corrected chi connectivity index (χ1v) is 9.25. The van der Waals surface area contributed by atoms with Crippen molar-refractivity contribution in [2.75, 3.05) is 6.61 Å². The molecule has 1 fully saturated rings. The highest BCUT2D eigenvalue weighted by Crippen LogP contribution is 2.40. The van der Waals surface area contributed by atoms with Crippen molar-refractivity contribution in [1.82, 2.24) is 0 Å². The van der Waals surface area contributed by atoms with E-state index in [4.69, 9.17) is 4.18 Å². The van der Waals surface area contributed by atoms with E-state index in [-0.39, 0.29) is 17.3 Å². The molecule has 0 aliphatic heterocycles. The van der Waals surface area contributed by atoms with Gasteiger partial charge in [-0.2, -0.15) is 8.42 Å². The molecule has 2 aromatic carbocycles. The minimum atomic E-state index is -3.92. The summed E-state index contributed by atoms with van der Waals surface area (Å²) in [6, 6.07) is 11.9. The van der Waals surface area contributed by atoms with E-state index in [1.807, 2.05) is 26.0 Å². The number of aryl methyl sites for hydroxylation is 2. The highest BCUT2D eigenvalue weighted by atomic mass is 32.2. The minimum absolute atomic E-state index is 0.116. The Balaban J connectivity index is 2.02. The van der Waals surface area contributed by atoms with Gasteiger partial charge in [0.05, 0.1) is 6.61 Å². The standard InChI is InChI=1S/C19H20O4S/c1-13-3-8-16(9-4-13)24(21,22)23-19-11-14(2)5-10-17(19)18(12-20)15-6-7-15/h3-5,8-11,20H,6-7,12H2,1-2H3. The van der Waals surface area contributed by atoms with Crippen LogP contribution in [0.4, 0.5) is 0 Å². The van der Waals surface area contributed by atoms with Gasteiger partial charge in [-0.3, -0.25) is 0 Å². The van der Waals surface area contributed by atoms with E-state index in [1.165, 1.54) is 12.1 Å². The first-order chi connectivity index (χ1) is 11.4. The molecule has 0 spiro atoms. The van der Waals surface area contributed by atoms with Gasteiger partial charge in [0.2, 0.25) is 0 Å². The summed E-state index contributed by atoms with van der Waals surface area (Å²) in [6.07, 6.45) is 1.88. The van der Waals surface area contributed by atoms with E-state index in [2.05, 4.69) is 0 Å². The first-order valence-electron chi connectivity index (χ1n) is 7.84. The van der Waals surface area contributed by atoms with Crippen molar-refractivity contribution in [2.45, 2.75) is 31.6 Å². The minimum Gasteiger partial charge on any atom is -0.392 e. The van der Waals surface area contributed by atoms with Crippen molar-refractivity contribution in [2.24, 2.45) is 0 Å². The lowest BCUT2D eigenvalue weighted by molar-refractivity contribution is 0.349. The van der Waals surface area contributed by atoms with Gasteiger partial charge < -0.3 is 9.29 Å². The molecule has 1 aliphatic carbocycles. The predicted octanol–water partition coefficient (Wildman–Crippen LogP) is 3.61. The van der Waals surface area contributed by atoms with E-state index in [0.717, 1.165) is 35.1 Å². The molecule has 0 bridgehead atoms. The van der Waals surface area contributed by atoms with Crippen LogP contribution < -0.4 is 4.18 Å². The van der Waals surface area contributed by atoms with Gasteiger partial charge in [-0.15, -0.1) is 0 Å². The topological polar surface area (TPSA) is 63.6 Å². The Morgan fingerprint density at radius 1 is 1.04 bits per heavy atom. The summed E-state index contributed by atoms with van der Waals surface area (Å²) in [7, 11) is -3.92. The van der Waals surface area contributed by atoms with Gasteiger partial charge >= 0.3 is 10.1 Å². The quantitative estimate of drug-likeness (QED) is 0.842. The van der Waals surface area contributed by atoms with Gasteiger partial charge in [0.1, 0.15) is 4.90 Å². The van der Waals surface area contributed by atoms with Crippen molar-refractivity contribution < 1.29 is 17.7 Å². The maximum absolute atomic E-state index is 12.6. The van der Waals surface area contributed by atoms with Gasteiger partial charge in [-0.1, -0.05) is 35.4 Å². The summed E-state index contributed by atoms with van der Waals surface area (Å²) in [4.78, 5) is 0.116. The van der Waals surface area contributed by atoms with Crippen LogP contribution in [0.2, 0.25) is 0 Å². The number of hydrogen-bond donors (Lipinski definition) is 1. The smallest absolute Gasteiger partial charge is 0.339 e. The fraction of sp³-hybridized carbons (Fsp3) is 0.263. The Bertz CT molecular complexity index is 887. The van der Waals surface area contributed by atoms with Crippen molar-refractivity contribution in [3.63, 3.8) is 0 Å². The van der Waals surface area contributed by atoms with Crippen LogP contribution in [0.5, 0.6) is 5.75 Å². The molecule has 0 unspecified atom stereocenters. The van der Waals surface area contributed by atoms with Crippen LogP contribution in [0.25, 0.3) is 5.57 Å². The van der Waals surface area contributed by atoms with Gasteiger partial charge in [0, 0.05) is 5.56 Å². The van der Waals surface area contributed by atoms with Crippen LogP contribution in [0.3, 0.4) is 0 Å². The second-order valence-corrected chi connectivity index (χ2v) is 7.64. The average Bonchev–Trinajstić information content (AvgIpc) is 3.35. The van der Waals surface area contributed by atoms with Crippen molar-refractivity contribution >= 4 is 15.7 Å². The number of allylic oxidation sites excluding steroid dienone is 1. The molecule has 0 saturated heterocycles. The lowest BCUT2D eigenvalue weighted by atomic mass is 10.0. The third-order valence-corrected chi connectivity index (χ3v) is 5.30. The van der Waals surface area contributed by atoms with E-state index in [0.29, 0.717) is 5.56 Å². The van der Waals surface area contributed by atoms with E-state index >= 15 is 0 Å². The number of aliphatic hydroxyl groups is 1. The molecule has 0 radical (unpaired) electrons. The number of hydrogen-bond acceptors (Lipinski definition) is 4. The van der Waals surface area contributed by atoms with Crippen LogP contribution in [0.1, 0.15) is 29.5 Å². The fourth-order valence-corrected chi connectivity index (χ4v) is 3.51. The normalized spacial score (nSPS) is 13.7. The number of benzene rings is 2. The van der Waals surface area contributed by atoms with Crippen LogP contribution in [-0.4, -0.2) is 20.1 Å². The third-order valence-electron chi connectivity index (χ3n) is 4.06. The highest BCUT2D eigenvalue weighted by Gasteiger charge is 2.24. The van der Waals surface area contributed by atoms with Crippen LogP contribution >= 0.6 is 0 Å². The molecule has 1 N–H and O–H groups in total. The molecule has 1 saturated carbocycles. The fourth-order valence-electron chi connectivity index (χ4n) is 2.57. The number of rotatable bonds is 5. The summed E-state index contributed by atoms with van der Waals surface area (Å²) in [5.41, 5.74) is 4.44. The van der Waals surface area contributed by atoms with Crippen molar-refractivity contribution in [1.29, 1.82) is 0 Å². The Labute approximate surface area is 142 Å². The molecule has 1 aliphatic rings. The van der Waals surface area contributed by atoms with Crippen molar-refractivity contribution in [3.05, 3.63) is 64.7 Å². The molecule has 24 heavy (non-hydrogen) atoms. The average molecular weight is 344 g/mol. The summed E-state index contributed by atoms with van der Waals surface area (Å²) in [5, 5.41) is 9.67. The maximum atomic E-state index is 12.6. The monoisotopic (exact) mass is 344 g/mol. The molecular formula is C19H20O4S. The van der Waals surface area contributed by atoms with Gasteiger partial charge in [-0.25, -0.2) is 0 Å². The van der Waals surface area contributed by atoms with E-state index in [1.54, 1.807) is 18.2 Å². The zero-order valence-electron chi connectivity index (χ0n) is 13.7. The third kappa shape index (κ3) is 3.52. The van der Waals surface area contributed by atoms with E-state index in [9.17, 15) is 13.5 Å². The Morgan fingerprint density at radius 2 is 1.67 bits per heavy atom. The predicted molar refractivity (Wildman–Crippen MR) is 93.4 cm³/mol. The zero-order valence-corrected chi connectivity index (χ0v) is 14.6. The summed E-state index contributed by atoms with van der Waals surface area (Å²) < 4.78 is 30.6. The van der Waals surface area contributed by atoms with Gasteiger partial charge in [0.25, 0.3) is 0 Å². The molecule has 4 nitrogen and oxygen atoms in total. The second kappa shape index (κ2) is 6.42. The molecule has 2 aromatic rings. The van der Waals surface area contributed by atoms with Crippen LogP contribution in [-0.2, 0) is 10.1 Å². The SMILES string of the molecule is Cc1ccc(S(=O)(=O)Oc2cc(C)ccc2C(CO)=C2CC2)cc1. The van der Waals surface area contributed by atoms with E-state index < -0.39 is 10.1 Å². The molecule has 0 heterocycles. The Morgan fingerprint density at radius 3 is 2.25 bits per heavy atom. The lowest BCUT2D eigenvalue weighted by Gasteiger charge is -2.14. The highest BCUT2D eigenvalue weighted by molar-refractivity contribution is 7.87. The lowest BCUT2D eigenvalue weighted by Crippen LogP contribution is -2.11. The molecule has 0 amide bonds. The molecule has 126 valence electrons. The first kappa shape index (κ1) is 16.7. The molecule has 3 rings (SSSR count). The zero-order chi connectivity index (χ0) is 17.3. The van der Waals surface area contributed by atoms with Gasteiger partial charge in [0.15, 0.2) is 5.75 Å². The molecule has 5 heteroatoms. The summed E-state index contributed by atoms with van der Waals surface area (Å²) in [5.74, 6) is 0.263. The largest absolute Gasteiger partial charge is 0.392 e. The van der Waals surface area contributed by atoms with Crippen LogP contribution in [0.15, 0.2) is 52.9 Å². The summed E-state index contributed by atoms with van der Waals surface area (Å²) >= 11 is 0. The second-order valence-electron chi connectivity index (χ2n) is 6.09. The molecule has 0 aromatic heterocycles. The molecular weight excluding hydrogens is 324 g/mol. The summed E-state index contributed by atoms with van der Waals surface area (Å²) in [6.45, 7) is 3.64. The molecule has 0 atom stereocenters. The van der Waals surface area contributed by atoms with Crippen molar-refractivity contribution in [3.8, 4) is 5.75 Å². The van der Waals surface area contributed by atoms with Crippen LogP contribution in [0, 0.1) is 13.8 Å². The Hall–Kier alpha value is -2.11. The maximum Gasteiger partial charge on any atom is 0.339 e.